The fourth-order valence-corrected chi connectivity index (χ4v) is 8.29. The maximum atomic E-state index is 14.3. The van der Waals surface area contributed by atoms with E-state index in [1.807, 2.05) is 6.07 Å². The average Bonchev–Trinajstić information content (AvgIpc) is 3.29. The summed E-state index contributed by atoms with van der Waals surface area (Å²) in [6.45, 7) is 6.06. The van der Waals surface area contributed by atoms with E-state index in [0.717, 1.165) is 81.4 Å². The summed E-state index contributed by atoms with van der Waals surface area (Å²) in [4.78, 5) is 19.1. The van der Waals surface area contributed by atoms with Crippen molar-refractivity contribution >= 4 is 11.6 Å². The first-order valence-corrected chi connectivity index (χ1v) is 17.6. The Balaban J connectivity index is 1.17. The van der Waals surface area contributed by atoms with E-state index < -0.39 is 0 Å². The van der Waals surface area contributed by atoms with Gasteiger partial charge >= 0.3 is 0 Å². The standard InChI is InChI=1S/C40H53N3O/c1-30(32-16-8-3-2-4-9-17-32)20-23-38-37-19-12-18-34(28-42-26-24-33-21-22-36(41)27-35(33)29-42)39(37)40(44)43(38)25-11-10-15-31-13-6-5-7-14-31/h5-7,12-14,18-19,21-22,27,30,32,38H,2-4,8-11,15-17,20,23-26,28-29,41H2,1H3/t30-,38-/m1/s1. The predicted molar refractivity (Wildman–Crippen MR) is 182 cm³/mol. The van der Waals surface area contributed by atoms with Crippen molar-refractivity contribution in [1.29, 1.82) is 0 Å². The lowest BCUT2D eigenvalue weighted by Gasteiger charge is -2.30. The van der Waals surface area contributed by atoms with E-state index in [-0.39, 0.29) is 11.9 Å². The molecule has 0 unspecified atom stereocenters. The molecule has 2 heterocycles. The van der Waals surface area contributed by atoms with Crippen LogP contribution in [-0.4, -0.2) is 28.8 Å². The number of hydrogen-bond acceptors (Lipinski definition) is 3. The van der Waals surface area contributed by atoms with Crippen LogP contribution in [0.5, 0.6) is 0 Å². The van der Waals surface area contributed by atoms with Crippen LogP contribution >= 0.6 is 0 Å². The molecule has 0 aromatic heterocycles. The summed E-state index contributed by atoms with van der Waals surface area (Å²) in [6, 6.07) is 24.0. The molecule has 44 heavy (non-hydrogen) atoms. The van der Waals surface area contributed by atoms with Crippen LogP contribution in [0.2, 0.25) is 0 Å². The van der Waals surface area contributed by atoms with Crippen molar-refractivity contribution in [3.63, 3.8) is 0 Å². The van der Waals surface area contributed by atoms with Crippen molar-refractivity contribution in [3.8, 4) is 0 Å². The molecule has 4 nitrogen and oxygen atoms in total. The first-order chi connectivity index (χ1) is 21.6. The number of unbranched alkanes of at least 4 members (excludes halogenated alkanes) is 1. The zero-order chi connectivity index (χ0) is 30.3. The van der Waals surface area contributed by atoms with Gasteiger partial charge in [0.1, 0.15) is 0 Å². The van der Waals surface area contributed by atoms with E-state index in [4.69, 9.17) is 5.73 Å². The molecular formula is C40H53N3O. The second kappa shape index (κ2) is 14.8. The van der Waals surface area contributed by atoms with Crippen LogP contribution in [-0.2, 0) is 25.9 Å². The van der Waals surface area contributed by atoms with Crippen LogP contribution in [0.3, 0.4) is 0 Å². The lowest BCUT2D eigenvalue weighted by atomic mass is 9.80. The SMILES string of the molecule is C[C@H](CC[C@@H]1c2cccc(CN3CCc4ccc(N)cc4C3)c2C(=O)N1CCCCc1ccccc1)C1CCCCCCC1. The first-order valence-electron chi connectivity index (χ1n) is 17.6. The Morgan fingerprint density at radius 2 is 1.68 bits per heavy atom. The third kappa shape index (κ3) is 7.40. The maximum Gasteiger partial charge on any atom is 0.255 e. The molecule has 1 aliphatic carbocycles. The topological polar surface area (TPSA) is 49.6 Å². The summed E-state index contributed by atoms with van der Waals surface area (Å²) in [5, 5.41) is 0. The van der Waals surface area contributed by atoms with Crippen LogP contribution in [0.4, 0.5) is 5.69 Å². The fraction of sp³-hybridized carbons (Fsp3) is 0.525. The number of amides is 1. The third-order valence-corrected chi connectivity index (χ3v) is 10.9. The molecule has 2 atom stereocenters. The van der Waals surface area contributed by atoms with Gasteiger partial charge in [-0.25, -0.2) is 0 Å². The molecule has 3 aromatic rings. The van der Waals surface area contributed by atoms with Crippen LogP contribution in [0, 0.1) is 11.8 Å². The van der Waals surface area contributed by atoms with Crippen LogP contribution < -0.4 is 5.73 Å². The summed E-state index contributed by atoms with van der Waals surface area (Å²) < 4.78 is 0. The highest BCUT2D eigenvalue weighted by Gasteiger charge is 2.38. The Bertz CT molecular complexity index is 1380. The first kappa shape index (κ1) is 30.9. The lowest BCUT2D eigenvalue weighted by molar-refractivity contribution is 0.0703. The van der Waals surface area contributed by atoms with Gasteiger partial charge in [0.2, 0.25) is 0 Å². The van der Waals surface area contributed by atoms with E-state index in [0.29, 0.717) is 0 Å². The molecule has 0 radical (unpaired) electrons. The molecule has 3 aromatic carbocycles. The molecule has 2 N–H and O–H groups in total. The van der Waals surface area contributed by atoms with Crippen LogP contribution in [0.1, 0.15) is 122 Å². The van der Waals surface area contributed by atoms with E-state index >= 15 is 0 Å². The maximum absolute atomic E-state index is 14.3. The van der Waals surface area contributed by atoms with Gasteiger partial charge in [0.25, 0.3) is 5.91 Å². The Labute approximate surface area is 266 Å². The van der Waals surface area contributed by atoms with Gasteiger partial charge in [-0.15, -0.1) is 0 Å². The zero-order valence-electron chi connectivity index (χ0n) is 27.0. The van der Waals surface area contributed by atoms with E-state index in [9.17, 15) is 4.79 Å². The van der Waals surface area contributed by atoms with Gasteiger partial charge in [-0.1, -0.05) is 106 Å². The summed E-state index contributed by atoms with van der Waals surface area (Å²) in [5.74, 6) is 1.82. The second-order valence-corrected chi connectivity index (χ2v) is 14.0. The monoisotopic (exact) mass is 591 g/mol. The number of rotatable bonds is 11. The number of nitrogen functional groups attached to an aromatic ring is 1. The molecule has 1 saturated carbocycles. The van der Waals surface area contributed by atoms with E-state index in [2.05, 4.69) is 77.4 Å². The molecule has 0 spiro atoms. The molecule has 6 rings (SSSR count). The second-order valence-electron chi connectivity index (χ2n) is 14.0. The van der Waals surface area contributed by atoms with Crippen molar-refractivity contribution in [2.24, 2.45) is 11.8 Å². The lowest BCUT2D eigenvalue weighted by Crippen LogP contribution is -2.32. The fourth-order valence-electron chi connectivity index (χ4n) is 8.29. The molecule has 1 amide bonds. The summed E-state index contributed by atoms with van der Waals surface area (Å²) in [6.07, 6.45) is 16.3. The molecular weight excluding hydrogens is 538 g/mol. The van der Waals surface area contributed by atoms with E-state index in [1.54, 1.807) is 0 Å². The Morgan fingerprint density at radius 1 is 0.886 bits per heavy atom. The van der Waals surface area contributed by atoms with Gasteiger partial charge in [0, 0.05) is 37.4 Å². The highest BCUT2D eigenvalue weighted by Crippen LogP contribution is 2.41. The zero-order valence-corrected chi connectivity index (χ0v) is 27.0. The molecule has 0 saturated heterocycles. The number of aryl methyl sites for hydroxylation is 1. The molecule has 234 valence electrons. The number of carbonyl (C=O) groups excluding carboxylic acids is 1. The molecule has 3 aliphatic rings. The molecule has 0 bridgehead atoms. The van der Waals surface area contributed by atoms with Crippen molar-refractivity contribution in [1.82, 2.24) is 9.80 Å². The van der Waals surface area contributed by atoms with Crippen LogP contribution in [0.25, 0.3) is 0 Å². The van der Waals surface area contributed by atoms with Crippen molar-refractivity contribution in [2.45, 2.75) is 110 Å². The smallest absolute Gasteiger partial charge is 0.255 e. The number of fused-ring (bicyclic) bond motifs is 2. The van der Waals surface area contributed by atoms with Crippen molar-refractivity contribution in [2.75, 3.05) is 18.8 Å². The number of nitrogens with zero attached hydrogens (tertiary/aromatic N) is 2. The van der Waals surface area contributed by atoms with Crippen molar-refractivity contribution < 1.29 is 4.79 Å². The van der Waals surface area contributed by atoms with Gasteiger partial charge < -0.3 is 10.6 Å². The molecule has 4 heteroatoms. The number of nitrogens with two attached hydrogens (primary N) is 1. The van der Waals surface area contributed by atoms with Crippen LogP contribution in [0.15, 0.2) is 66.7 Å². The highest BCUT2D eigenvalue weighted by atomic mass is 16.2. The van der Waals surface area contributed by atoms with Gasteiger partial charge in [0.15, 0.2) is 0 Å². The highest BCUT2D eigenvalue weighted by molar-refractivity contribution is 6.00. The average molecular weight is 592 g/mol. The van der Waals surface area contributed by atoms with Gasteiger partial charge in [-0.3, -0.25) is 9.69 Å². The summed E-state index contributed by atoms with van der Waals surface area (Å²) in [5.41, 5.74) is 14.6. The largest absolute Gasteiger partial charge is 0.399 e. The summed E-state index contributed by atoms with van der Waals surface area (Å²) >= 11 is 0. The molecule has 2 aliphatic heterocycles. The van der Waals surface area contributed by atoms with Gasteiger partial charge in [-0.2, -0.15) is 0 Å². The predicted octanol–water partition coefficient (Wildman–Crippen LogP) is 9.12. The number of hydrogen-bond donors (Lipinski definition) is 1. The number of anilines is 1. The van der Waals surface area contributed by atoms with E-state index in [1.165, 1.54) is 79.2 Å². The minimum atomic E-state index is 0.201. The Kier molecular flexibility index (Phi) is 10.4. The Hall–Kier alpha value is -3.11. The van der Waals surface area contributed by atoms with Crippen molar-refractivity contribution in [3.05, 3.63) is 100 Å². The number of benzene rings is 3. The normalized spacial score (nSPS) is 20.2. The van der Waals surface area contributed by atoms with Gasteiger partial charge in [-0.05, 0) is 90.3 Å². The number of carbonyl (C=O) groups is 1. The minimum absolute atomic E-state index is 0.201. The summed E-state index contributed by atoms with van der Waals surface area (Å²) in [7, 11) is 0. The van der Waals surface area contributed by atoms with Gasteiger partial charge in [0.05, 0.1) is 6.04 Å². The Morgan fingerprint density at radius 3 is 2.50 bits per heavy atom. The molecule has 1 fully saturated rings. The quantitative estimate of drug-likeness (QED) is 0.179. The minimum Gasteiger partial charge on any atom is -0.399 e. The third-order valence-electron chi connectivity index (χ3n) is 10.9.